The quantitative estimate of drug-likeness (QED) is 0.654. The first-order valence-electron chi connectivity index (χ1n) is 8.63. The lowest BCUT2D eigenvalue weighted by molar-refractivity contribution is 0.470. The summed E-state index contributed by atoms with van der Waals surface area (Å²) in [5.41, 5.74) is 3.40. The third-order valence-corrected chi connectivity index (χ3v) is 4.73. The molecule has 0 fully saturated rings. The highest BCUT2D eigenvalue weighted by molar-refractivity contribution is 6.30. The summed E-state index contributed by atoms with van der Waals surface area (Å²) in [4.78, 5) is 4.84. The van der Waals surface area contributed by atoms with Crippen molar-refractivity contribution in [3.8, 4) is 0 Å². The van der Waals surface area contributed by atoms with Crippen LogP contribution in [0.2, 0.25) is 5.02 Å². The summed E-state index contributed by atoms with van der Waals surface area (Å²) in [6, 6.07) is 16.9. The van der Waals surface area contributed by atoms with E-state index in [-0.39, 0.29) is 0 Å². The molecule has 2 aromatic carbocycles. The maximum Gasteiger partial charge on any atom is 0.124 e. The molecule has 3 nitrogen and oxygen atoms in total. The van der Waals surface area contributed by atoms with Gasteiger partial charge in [-0.05, 0) is 42.7 Å². The largest absolute Gasteiger partial charge is 0.322 e. The van der Waals surface area contributed by atoms with Crippen molar-refractivity contribution in [3.05, 3.63) is 64.9 Å². The van der Waals surface area contributed by atoms with E-state index >= 15 is 0 Å². The van der Waals surface area contributed by atoms with Crippen LogP contribution >= 0.6 is 11.6 Å². The van der Waals surface area contributed by atoms with Crippen LogP contribution < -0.4 is 5.32 Å². The van der Waals surface area contributed by atoms with Crippen molar-refractivity contribution in [2.24, 2.45) is 0 Å². The SMILES string of the molecule is CCC(CC)NCc1nc2ccccc2n1Cc1cccc(Cl)c1. The van der Waals surface area contributed by atoms with Crippen molar-refractivity contribution in [1.29, 1.82) is 0 Å². The number of imidazole rings is 1. The molecule has 0 aliphatic heterocycles. The minimum absolute atomic E-state index is 0.532. The predicted octanol–water partition coefficient (Wildman–Crippen LogP) is 5.02. The number of fused-ring (bicyclic) bond motifs is 1. The predicted molar refractivity (Wildman–Crippen MR) is 101 cm³/mol. The van der Waals surface area contributed by atoms with Gasteiger partial charge in [0.15, 0.2) is 0 Å². The summed E-state index contributed by atoms with van der Waals surface area (Å²) in [7, 11) is 0. The highest BCUT2D eigenvalue weighted by Crippen LogP contribution is 2.19. The third-order valence-electron chi connectivity index (χ3n) is 4.50. The topological polar surface area (TPSA) is 29.9 Å². The summed E-state index contributed by atoms with van der Waals surface area (Å²) in [5.74, 6) is 1.07. The third kappa shape index (κ3) is 3.80. The van der Waals surface area contributed by atoms with Gasteiger partial charge in [0.25, 0.3) is 0 Å². The molecule has 0 atom stereocenters. The molecule has 3 rings (SSSR count). The summed E-state index contributed by atoms with van der Waals surface area (Å²) in [6.45, 7) is 5.99. The number of hydrogen-bond acceptors (Lipinski definition) is 2. The molecule has 0 unspecified atom stereocenters. The van der Waals surface area contributed by atoms with Crippen molar-refractivity contribution >= 4 is 22.6 Å². The minimum Gasteiger partial charge on any atom is -0.322 e. The molecule has 0 bridgehead atoms. The van der Waals surface area contributed by atoms with Crippen LogP contribution in [0.4, 0.5) is 0 Å². The normalized spacial score (nSPS) is 11.5. The summed E-state index contributed by atoms with van der Waals surface area (Å²) in [6.07, 6.45) is 2.26. The average molecular weight is 342 g/mol. The zero-order chi connectivity index (χ0) is 16.9. The summed E-state index contributed by atoms with van der Waals surface area (Å²) in [5, 5.41) is 4.40. The van der Waals surface area contributed by atoms with Gasteiger partial charge in [0.1, 0.15) is 5.82 Å². The Morgan fingerprint density at radius 3 is 2.62 bits per heavy atom. The second kappa shape index (κ2) is 7.82. The van der Waals surface area contributed by atoms with Crippen LogP contribution in [-0.4, -0.2) is 15.6 Å². The van der Waals surface area contributed by atoms with E-state index in [4.69, 9.17) is 16.6 Å². The van der Waals surface area contributed by atoms with E-state index in [0.29, 0.717) is 6.04 Å². The molecule has 0 saturated carbocycles. The van der Waals surface area contributed by atoms with Crippen LogP contribution in [0.5, 0.6) is 0 Å². The monoisotopic (exact) mass is 341 g/mol. The Morgan fingerprint density at radius 1 is 1.08 bits per heavy atom. The lowest BCUT2D eigenvalue weighted by Crippen LogP contribution is -2.28. The number of hydrogen-bond donors (Lipinski definition) is 1. The van der Waals surface area contributed by atoms with Crippen molar-refractivity contribution < 1.29 is 0 Å². The standard InChI is InChI=1S/C20H24ClN3/c1-3-17(4-2)22-13-20-23-18-10-5-6-11-19(18)24(20)14-15-8-7-9-16(21)12-15/h5-12,17,22H,3-4,13-14H2,1-2H3. The second-order valence-corrected chi connectivity index (χ2v) is 6.56. The van der Waals surface area contributed by atoms with E-state index in [1.807, 2.05) is 24.3 Å². The van der Waals surface area contributed by atoms with E-state index in [2.05, 4.69) is 48.0 Å². The fourth-order valence-corrected chi connectivity index (χ4v) is 3.28. The van der Waals surface area contributed by atoms with Crippen molar-refractivity contribution in [2.75, 3.05) is 0 Å². The van der Waals surface area contributed by atoms with Gasteiger partial charge in [-0.25, -0.2) is 4.98 Å². The van der Waals surface area contributed by atoms with Gasteiger partial charge in [0.05, 0.1) is 17.6 Å². The van der Waals surface area contributed by atoms with Crippen LogP contribution in [-0.2, 0) is 13.1 Å². The first-order chi connectivity index (χ1) is 11.7. The van der Waals surface area contributed by atoms with Gasteiger partial charge in [0, 0.05) is 17.6 Å². The highest BCUT2D eigenvalue weighted by atomic mass is 35.5. The van der Waals surface area contributed by atoms with Crippen molar-refractivity contribution in [3.63, 3.8) is 0 Å². The highest BCUT2D eigenvalue weighted by Gasteiger charge is 2.12. The first kappa shape index (κ1) is 17.0. The molecule has 0 aliphatic carbocycles. The van der Waals surface area contributed by atoms with Gasteiger partial charge in [-0.2, -0.15) is 0 Å². The smallest absolute Gasteiger partial charge is 0.124 e. The van der Waals surface area contributed by atoms with Gasteiger partial charge in [0.2, 0.25) is 0 Å². The lowest BCUT2D eigenvalue weighted by Gasteiger charge is -2.15. The fourth-order valence-electron chi connectivity index (χ4n) is 3.07. The maximum atomic E-state index is 6.15. The Balaban J connectivity index is 1.93. The number of benzene rings is 2. The fraction of sp³-hybridized carbons (Fsp3) is 0.350. The number of rotatable bonds is 7. The minimum atomic E-state index is 0.532. The summed E-state index contributed by atoms with van der Waals surface area (Å²) < 4.78 is 2.29. The molecule has 0 spiro atoms. The van der Waals surface area contributed by atoms with Crippen LogP contribution in [0.25, 0.3) is 11.0 Å². The Labute approximate surface area is 148 Å². The average Bonchev–Trinajstić information content (AvgIpc) is 2.94. The molecule has 0 radical (unpaired) electrons. The maximum absolute atomic E-state index is 6.15. The van der Waals surface area contributed by atoms with Gasteiger partial charge >= 0.3 is 0 Å². The zero-order valence-corrected chi connectivity index (χ0v) is 15.1. The van der Waals surface area contributed by atoms with E-state index in [1.54, 1.807) is 0 Å². The zero-order valence-electron chi connectivity index (χ0n) is 14.3. The molecule has 4 heteroatoms. The molecule has 0 aliphatic rings. The molecular weight excluding hydrogens is 318 g/mol. The number of para-hydroxylation sites is 2. The molecule has 1 heterocycles. The van der Waals surface area contributed by atoms with E-state index in [9.17, 15) is 0 Å². The Hall–Kier alpha value is -1.84. The Bertz CT molecular complexity index is 806. The number of halogens is 1. The van der Waals surface area contributed by atoms with Gasteiger partial charge in [-0.1, -0.05) is 49.7 Å². The second-order valence-electron chi connectivity index (χ2n) is 6.13. The number of nitrogens with zero attached hydrogens (tertiary/aromatic N) is 2. The van der Waals surface area contributed by atoms with E-state index in [0.717, 1.165) is 42.3 Å². The first-order valence-corrected chi connectivity index (χ1v) is 9.01. The van der Waals surface area contributed by atoms with E-state index in [1.165, 1.54) is 11.1 Å². The van der Waals surface area contributed by atoms with Crippen molar-refractivity contribution in [2.45, 2.75) is 45.8 Å². The molecule has 0 saturated heterocycles. The lowest BCUT2D eigenvalue weighted by atomic mass is 10.2. The molecule has 24 heavy (non-hydrogen) atoms. The van der Waals surface area contributed by atoms with Crippen LogP contribution in [0.1, 0.15) is 38.1 Å². The Kier molecular flexibility index (Phi) is 5.54. The van der Waals surface area contributed by atoms with Gasteiger partial charge < -0.3 is 9.88 Å². The van der Waals surface area contributed by atoms with Crippen molar-refractivity contribution in [1.82, 2.24) is 14.9 Å². The van der Waals surface area contributed by atoms with Crippen LogP contribution in [0, 0.1) is 0 Å². The molecule has 0 amide bonds. The molecular formula is C20H24ClN3. The number of aromatic nitrogens is 2. The Morgan fingerprint density at radius 2 is 1.88 bits per heavy atom. The molecule has 1 aromatic heterocycles. The van der Waals surface area contributed by atoms with E-state index < -0.39 is 0 Å². The summed E-state index contributed by atoms with van der Waals surface area (Å²) >= 11 is 6.15. The van der Waals surface area contributed by atoms with Gasteiger partial charge in [-0.15, -0.1) is 0 Å². The van der Waals surface area contributed by atoms with Crippen LogP contribution in [0.15, 0.2) is 48.5 Å². The number of nitrogens with one attached hydrogen (secondary N) is 1. The van der Waals surface area contributed by atoms with Gasteiger partial charge in [-0.3, -0.25) is 0 Å². The molecule has 3 aromatic rings. The molecule has 1 N–H and O–H groups in total. The van der Waals surface area contributed by atoms with Crippen LogP contribution in [0.3, 0.4) is 0 Å². The molecule has 126 valence electrons.